The molecule has 0 spiro atoms. The van der Waals surface area contributed by atoms with Gasteiger partial charge in [0.15, 0.2) is 0 Å². The average Bonchev–Trinajstić information content (AvgIpc) is 2.85. The first-order chi connectivity index (χ1) is 10.2. The Balaban J connectivity index is 1.84. The van der Waals surface area contributed by atoms with Crippen LogP contribution in [0.5, 0.6) is 0 Å². The molecule has 1 aromatic carbocycles. The van der Waals surface area contributed by atoms with Crippen molar-refractivity contribution in [3.8, 4) is 11.8 Å². The summed E-state index contributed by atoms with van der Waals surface area (Å²) < 4.78 is 5.08. The lowest BCUT2D eigenvalue weighted by atomic mass is 10.0. The van der Waals surface area contributed by atoms with Gasteiger partial charge >= 0.3 is 6.09 Å². The number of nitrogens with one attached hydrogen (secondary N) is 1. The molecule has 3 rings (SSSR count). The Morgan fingerprint density at radius 2 is 1.90 bits per heavy atom. The van der Waals surface area contributed by atoms with Gasteiger partial charge in [-0.1, -0.05) is 30.0 Å². The van der Waals surface area contributed by atoms with E-state index in [4.69, 9.17) is 4.74 Å². The number of benzene rings is 1. The molecule has 1 N–H and O–H groups in total. The molecule has 0 unspecified atom stereocenters. The van der Waals surface area contributed by atoms with E-state index in [0.717, 1.165) is 16.7 Å². The quantitative estimate of drug-likeness (QED) is 0.816. The first-order valence-corrected chi connectivity index (χ1v) is 6.71. The molecule has 1 saturated heterocycles. The van der Waals surface area contributed by atoms with Gasteiger partial charge in [0, 0.05) is 23.5 Å². The van der Waals surface area contributed by atoms with Crippen molar-refractivity contribution in [3.05, 3.63) is 65.5 Å². The highest BCUT2D eigenvalue weighted by atomic mass is 16.6. The second kappa shape index (κ2) is 5.68. The maximum atomic E-state index is 11.3. The molecule has 4 heteroatoms. The Morgan fingerprint density at radius 1 is 1.14 bits per heavy atom. The molecule has 2 aromatic rings. The Bertz CT molecular complexity index is 716. The lowest BCUT2D eigenvalue weighted by molar-refractivity contribution is 0.141. The number of rotatable bonds is 1. The number of pyridine rings is 1. The number of aromatic nitrogens is 1. The number of cyclic esters (lactones) is 1. The molecule has 104 valence electrons. The molecule has 0 saturated carbocycles. The van der Waals surface area contributed by atoms with E-state index in [2.05, 4.69) is 22.1 Å². The molecule has 1 aromatic heterocycles. The zero-order valence-corrected chi connectivity index (χ0v) is 11.5. The fraction of sp³-hybridized carbons (Fsp3) is 0.176. The summed E-state index contributed by atoms with van der Waals surface area (Å²) in [6.07, 6.45) is 2.83. The molecule has 0 bridgehead atoms. The topological polar surface area (TPSA) is 51.2 Å². The molecule has 1 fully saturated rings. The second-order valence-electron chi connectivity index (χ2n) is 4.86. The van der Waals surface area contributed by atoms with Gasteiger partial charge in [0.1, 0.15) is 6.10 Å². The molecule has 0 radical (unpaired) electrons. The van der Waals surface area contributed by atoms with E-state index >= 15 is 0 Å². The van der Waals surface area contributed by atoms with Crippen LogP contribution >= 0.6 is 0 Å². The minimum Gasteiger partial charge on any atom is -0.444 e. The van der Waals surface area contributed by atoms with Crippen LogP contribution in [0.1, 0.15) is 29.7 Å². The van der Waals surface area contributed by atoms with Crippen LogP contribution < -0.4 is 5.32 Å². The summed E-state index contributed by atoms with van der Waals surface area (Å²) >= 11 is 0. The zero-order valence-electron chi connectivity index (χ0n) is 11.5. The van der Waals surface area contributed by atoms with Crippen molar-refractivity contribution in [2.75, 3.05) is 0 Å². The molecule has 0 aliphatic carbocycles. The van der Waals surface area contributed by atoms with Crippen LogP contribution in [0.25, 0.3) is 0 Å². The molecule has 21 heavy (non-hydrogen) atoms. The summed E-state index contributed by atoms with van der Waals surface area (Å²) in [5, 5.41) is 2.77. The van der Waals surface area contributed by atoms with Crippen molar-refractivity contribution < 1.29 is 9.53 Å². The van der Waals surface area contributed by atoms with E-state index in [1.807, 2.05) is 43.3 Å². The second-order valence-corrected chi connectivity index (χ2v) is 4.86. The van der Waals surface area contributed by atoms with Crippen LogP contribution in [-0.2, 0) is 4.74 Å². The fourth-order valence-corrected chi connectivity index (χ4v) is 2.23. The highest BCUT2D eigenvalue weighted by molar-refractivity contribution is 5.70. The van der Waals surface area contributed by atoms with Crippen LogP contribution in [0, 0.1) is 11.8 Å². The third kappa shape index (κ3) is 3.03. The van der Waals surface area contributed by atoms with Crippen LogP contribution in [0.3, 0.4) is 0 Å². The summed E-state index contributed by atoms with van der Waals surface area (Å²) in [7, 11) is 0. The molecule has 2 heterocycles. The Hall–Kier alpha value is -2.80. The lowest BCUT2D eigenvalue weighted by Gasteiger charge is -2.12. The van der Waals surface area contributed by atoms with Gasteiger partial charge in [0.05, 0.1) is 6.04 Å². The summed E-state index contributed by atoms with van der Waals surface area (Å²) in [6.45, 7) is 1.85. The maximum absolute atomic E-state index is 11.3. The molecule has 1 amide bonds. The van der Waals surface area contributed by atoms with Gasteiger partial charge < -0.3 is 10.1 Å². The summed E-state index contributed by atoms with van der Waals surface area (Å²) in [5.74, 6) is 6.17. The minimum absolute atomic E-state index is 0.177. The van der Waals surface area contributed by atoms with Crippen LogP contribution in [0.2, 0.25) is 0 Å². The molecule has 2 atom stereocenters. The highest BCUT2D eigenvalue weighted by Crippen LogP contribution is 2.24. The summed E-state index contributed by atoms with van der Waals surface area (Å²) in [6, 6.07) is 11.5. The minimum atomic E-state index is -0.395. The third-order valence-corrected chi connectivity index (χ3v) is 3.28. The standard InChI is InChI=1S/C17H14N2O2/c1-12-16(19-17(20)21-12)15-9-14(10-18-11-15)8-7-13-5-3-2-4-6-13/h2-6,9-12,16H,1H3,(H,19,20)/t12-,16-/m0/s1. The number of nitrogens with zero attached hydrogens (tertiary/aromatic N) is 1. The van der Waals surface area contributed by atoms with Gasteiger partial charge in [-0.05, 0) is 30.7 Å². The smallest absolute Gasteiger partial charge is 0.408 e. The van der Waals surface area contributed by atoms with E-state index in [1.54, 1.807) is 12.4 Å². The van der Waals surface area contributed by atoms with E-state index in [-0.39, 0.29) is 12.1 Å². The molecule has 4 nitrogen and oxygen atoms in total. The number of hydrogen-bond acceptors (Lipinski definition) is 3. The van der Waals surface area contributed by atoms with E-state index < -0.39 is 6.09 Å². The van der Waals surface area contributed by atoms with Crippen LogP contribution in [0.15, 0.2) is 48.8 Å². The monoisotopic (exact) mass is 278 g/mol. The zero-order chi connectivity index (χ0) is 14.7. The normalized spacial score (nSPS) is 20.1. The third-order valence-electron chi connectivity index (χ3n) is 3.28. The number of hydrogen-bond donors (Lipinski definition) is 1. The van der Waals surface area contributed by atoms with Crippen LogP contribution in [0.4, 0.5) is 4.79 Å². The number of carbonyl (C=O) groups is 1. The molecular weight excluding hydrogens is 264 g/mol. The van der Waals surface area contributed by atoms with Crippen molar-refractivity contribution in [2.24, 2.45) is 0 Å². The number of amides is 1. The van der Waals surface area contributed by atoms with Crippen molar-refractivity contribution in [2.45, 2.75) is 19.1 Å². The average molecular weight is 278 g/mol. The largest absolute Gasteiger partial charge is 0.444 e. The Morgan fingerprint density at radius 3 is 2.62 bits per heavy atom. The van der Waals surface area contributed by atoms with Gasteiger partial charge in [0.25, 0.3) is 0 Å². The summed E-state index contributed by atoms with van der Waals surface area (Å²) in [4.78, 5) is 15.4. The Kier molecular flexibility index (Phi) is 3.57. The van der Waals surface area contributed by atoms with Gasteiger partial charge in [-0.25, -0.2) is 4.79 Å². The SMILES string of the molecule is C[C@@H]1OC(=O)N[C@@H]1c1cncc(C#Cc2ccccc2)c1. The maximum Gasteiger partial charge on any atom is 0.408 e. The first kappa shape index (κ1) is 13.2. The fourth-order valence-electron chi connectivity index (χ4n) is 2.23. The van der Waals surface area contributed by atoms with Crippen molar-refractivity contribution in [1.82, 2.24) is 10.3 Å². The number of carbonyl (C=O) groups excluding carboxylic acids is 1. The Labute approximate surface area is 123 Å². The van der Waals surface area contributed by atoms with E-state index in [1.165, 1.54) is 0 Å². The molecular formula is C17H14N2O2. The van der Waals surface area contributed by atoms with Crippen molar-refractivity contribution >= 4 is 6.09 Å². The number of ether oxygens (including phenoxy) is 1. The summed E-state index contributed by atoms with van der Waals surface area (Å²) in [5.41, 5.74) is 2.66. The predicted molar refractivity (Wildman–Crippen MR) is 78.5 cm³/mol. The highest BCUT2D eigenvalue weighted by Gasteiger charge is 2.31. The van der Waals surface area contributed by atoms with Gasteiger partial charge in [-0.3, -0.25) is 4.98 Å². The van der Waals surface area contributed by atoms with Crippen LogP contribution in [-0.4, -0.2) is 17.2 Å². The van der Waals surface area contributed by atoms with E-state index in [0.29, 0.717) is 0 Å². The van der Waals surface area contributed by atoms with Crippen molar-refractivity contribution in [3.63, 3.8) is 0 Å². The first-order valence-electron chi connectivity index (χ1n) is 6.71. The predicted octanol–water partition coefficient (Wildman–Crippen LogP) is 2.65. The molecule has 1 aliphatic rings. The van der Waals surface area contributed by atoms with Gasteiger partial charge in [-0.2, -0.15) is 0 Å². The molecule has 1 aliphatic heterocycles. The van der Waals surface area contributed by atoms with Gasteiger partial charge in [-0.15, -0.1) is 0 Å². The van der Waals surface area contributed by atoms with E-state index in [9.17, 15) is 4.79 Å². The van der Waals surface area contributed by atoms with Crippen molar-refractivity contribution in [1.29, 1.82) is 0 Å². The lowest BCUT2D eigenvalue weighted by Crippen LogP contribution is -2.21. The number of alkyl carbamates (subject to hydrolysis) is 1. The van der Waals surface area contributed by atoms with Gasteiger partial charge in [0.2, 0.25) is 0 Å².